The number of amides is 1. The molecule has 7 nitrogen and oxygen atoms in total. The smallest absolute Gasteiger partial charge is 0.345 e. The molecule has 0 saturated carbocycles. The number of hydrogen-bond donors (Lipinski definition) is 3. The minimum absolute atomic E-state index is 0.0888. The molecule has 0 unspecified atom stereocenters. The monoisotopic (exact) mass is 287 g/mol. The number of nitrogens with zero attached hydrogens (tertiary/aromatic N) is 2. The second-order valence-electron chi connectivity index (χ2n) is 3.74. The van der Waals surface area contributed by atoms with E-state index in [1.54, 1.807) is 0 Å². The van der Waals surface area contributed by atoms with Gasteiger partial charge in [0.1, 0.15) is 17.7 Å². The van der Waals surface area contributed by atoms with Gasteiger partial charge in [-0.1, -0.05) is 0 Å². The van der Waals surface area contributed by atoms with Crippen molar-refractivity contribution in [2.24, 2.45) is 0 Å². The minimum Gasteiger partial charge on any atom is -0.345 e. The number of H-pyrrole nitrogens is 2. The highest BCUT2D eigenvalue weighted by Gasteiger charge is 2.32. The van der Waals surface area contributed by atoms with Crippen LogP contribution in [0.4, 0.5) is 13.2 Å². The first-order chi connectivity index (χ1) is 9.38. The van der Waals surface area contributed by atoms with E-state index >= 15 is 0 Å². The summed E-state index contributed by atoms with van der Waals surface area (Å²) >= 11 is 0. The van der Waals surface area contributed by atoms with Crippen LogP contribution in [0.1, 0.15) is 21.7 Å². The van der Waals surface area contributed by atoms with Crippen molar-refractivity contribution in [2.75, 3.05) is 0 Å². The summed E-state index contributed by atoms with van der Waals surface area (Å²) in [5.41, 5.74) is -2.64. The van der Waals surface area contributed by atoms with Crippen LogP contribution in [0.15, 0.2) is 23.4 Å². The summed E-state index contributed by atoms with van der Waals surface area (Å²) in [4.78, 5) is 28.7. The Morgan fingerprint density at radius 1 is 1.40 bits per heavy atom. The lowest BCUT2D eigenvalue weighted by Gasteiger charge is -2.08. The SMILES string of the molecule is O=C(NCc1ncn[nH]1)c1cc(C(F)(F)F)c[nH]c1=O. The van der Waals surface area contributed by atoms with Gasteiger partial charge in [-0.3, -0.25) is 14.7 Å². The van der Waals surface area contributed by atoms with Crippen molar-refractivity contribution >= 4 is 5.91 Å². The average molecular weight is 287 g/mol. The maximum Gasteiger partial charge on any atom is 0.417 e. The Morgan fingerprint density at radius 3 is 2.75 bits per heavy atom. The van der Waals surface area contributed by atoms with Crippen molar-refractivity contribution < 1.29 is 18.0 Å². The molecule has 106 valence electrons. The topological polar surface area (TPSA) is 104 Å². The maximum atomic E-state index is 12.5. The molecular formula is C10H8F3N5O2. The first-order valence-corrected chi connectivity index (χ1v) is 5.30. The summed E-state index contributed by atoms with van der Waals surface area (Å²) in [6.45, 7) is -0.0888. The van der Waals surface area contributed by atoms with Crippen molar-refractivity contribution in [3.8, 4) is 0 Å². The Labute approximate surface area is 109 Å². The Kier molecular flexibility index (Phi) is 3.55. The minimum atomic E-state index is -4.65. The second-order valence-corrected chi connectivity index (χ2v) is 3.74. The summed E-state index contributed by atoms with van der Waals surface area (Å²) in [5.74, 6) is -0.629. The van der Waals surface area contributed by atoms with E-state index in [9.17, 15) is 22.8 Å². The Bertz CT molecular complexity index is 662. The first-order valence-electron chi connectivity index (χ1n) is 5.30. The van der Waals surface area contributed by atoms with Crippen LogP contribution in [0.2, 0.25) is 0 Å². The van der Waals surface area contributed by atoms with Crippen LogP contribution < -0.4 is 10.9 Å². The highest BCUT2D eigenvalue weighted by atomic mass is 19.4. The molecule has 1 amide bonds. The largest absolute Gasteiger partial charge is 0.417 e. The third-order valence-electron chi connectivity index (χ3n) is 2.36. The number of halogens is 3. The number of carbonyl (C=O) groups excluding carboxylic acids is 1. The molecule has 0 radical (unpaired) electrons. The molecule has 2 rings (SSSR count). The zero-order chi connectivity index (χ0) is 14.8. The van der Waals surface area contributed by atoms with Crippen molar-refractivity contribution in [2.45, 2.75) is 12.7 Å². The van der Waals surface area contributed by atoms with E-state index in [1.165, 1.54) is 6.33 Å². The second kappa shape index (κ2) is 5.15. The van der Waals surface area contributed by atoms with Crippen molar-refractivity contribution in [3.63, 3.8) is 0 Å². The number of aromatic amines is 2. The summed E-state index contributed by atoms with van der Waals surface area (Å²) < 4.78 is 37.5. The maximum absolute atomic E-state index is 12.5. The van der Waals surface area contributed by atoms with Crippen LogP contribution in [-0.2, 0) is 12.7 Å². The van der Waals surface area contributed by atoms with Crippen molar-refractivity contribution in [1.29, 1.82) is 0 Å². The molecule has 0 atom stereocenters. The molecule has 0 bridgehead atoms. The first kappa shape index (κ1) is 13.8. The van der Waals surface area contributed by atoms with Gasteiger partial charge in [-0.2, -0.15) is 18.3 Å². The predicted octanol–water partition coefficient (Wildman–Crippen LogP) is 0.442. The van der Waals surface area contributed by atoms with Gasteiger partial charge in [0, 0.05) is 6.20 Å². The van der Waals surface area contributed by atoms with Gasteiger partial charge in [0.15, 0.2) is 0 Å². The van der Waals surface area contributed by atoms with E-state index < -0.39 is 28.8 Å². The fraction of sp³-hybridized carbons (Fsp3) is 0.200. The van der Waals surface area contributed by atoms with E-state index in [-0.39, 0.29) is 6.54 Å². The van der Waals surface area contributed by atoms with Crippen LogP contribution in [0.5, 0.6) is 0 Å². The molecular weight excluding hydrogens is 279 g/mol. The molecule has 0 aliphatic heterocycles. The van der Waals surface area contributed by atoms with Gasteiger partial charge >= 0.3 is 6.18 Å². The molecule has 0 aliphatic rings. The van der Waals surface area contributed by atoms with E-state index in [0.29, 0.717) is 18.1 Å². The van der Waals surface area contributed by atoms with Crippen molar-refractivity contribution in [1.82, 2.24) is 25.5 Å². The molecule has 20 heavy (non-hydrogen) atoms. The zero-order valence-electron chi connectivity index (χ0n) is 9.78. The predicted molar refractivity (Wildman–Crippen MR) is 59.6 cm³/mol. The standard InChI is InChI=1S/C10H8F3N5O2/c11-10(12,13)5-1-6(8(19)14-2-5)9(20)15-3-7-16-4-17-18-7/h1-2,4H,3H2,(H,14,19)(H,15,20)(H,16,17,18). The van der Waals surface area contributed by atoms with Gasteiger partial charge in [0.25, 0.3) is 11.5 Å². The third kappa shape index (κ3) is 3.02. The van der Waals surface area contributed by atoms with Gasteiger partial charge < -0.3 is 10.3 Å². The molecule has 0 fully saturated rings. The Hall–Kier alpha value is -2.65. The third-order valence-corrected chi connectivity index (χ3v) is 2.36. The van der Waals surface area contributed by atoms with Gasteiger partial charge in [0.05, 0.1) is 12.1 Å². The van der Waals surface area contributed by atoms with Crippen LogP contribution in [0.3, 0.4) is 0 Å². The van der Waals surface area contributed by atoms with Crippen LogP contribution >= 0.6 is 0 Å². The van der Waals surface area contributed by atoms with Crippen LogP contribution in [0, 0.1) is 0 Å². The normalized spacial score (nSPS) is 11.3. The molecule has 2 aromatic heterocycles. The highest BCUT2D eigenvalue weighted by Crippen LogP contribution is 2.28. The van der Waals surface area contributed by atoms with Gasteiger partial charge in [-0.15, -0.1) is 0 Å². The van der Waals surface area contributed by atoms with Gasteiger partial charge in [-0.05, 0) is 6.07 Å². The number of aromatic nitrogens is 4. The van der Waals surface area contributed by atoms with E-state index in [1.807, 2.05) is 4.98 Å². The molecule has 2 aromatic rings. The molecule has 0 aromatic carbocycles. The Balaban J connectivity index is 2.19. The molecule has 10 heteroatoms. The fourth-order valence-electron chi connectivity index (χ4n) is 1.39. The van der Waals surface area contributed by atoms with E-state index in [2.05, 4.69) is 20.5 Å². The quantitative estimate of drug-likeness (QED) is 0.762. The summed E-state index contributed by atoms with van der Waals surface area (Å²) in [7, 11) is 0. The lowest BCUT2D eigenvalue weighted by molar-refractivity contribution is -0.137. The lowest BCUT2D eigenvalue weighted by Crippen LogP contribution is -2.30. The summed E-state index contributed by atoms with van der Waals surface area (Å²) in [6, 6.07) is 0.495. The lowest BCUT2D eigenvalue weighted by atomic mass is 10.2. The van der Waals surface area contributed by atoms with Crippen LogP contribution in [-0.4, -0.2) is 26.1 Å². The van der Waals surface area contributed by atoms with Gasteiger partial charge in [0.2, 0.25) is 0 Å². The Morgan fingerprint density at radius 2 is 2.15 bits per heavy atom. The zero-order valence-corrected chi connectivity index (χ0v) is 9.78. The van der Waals surface area contributed by atoms with E-state index in [0.717, 1.165) is 0 Å². The molecule has 0 aliphatic carbocycles. The summed E-state index contributed by atoms with van der Waals surface area (Å²) in [5, 5.41) is 8.25. The molecule has 0 saturated heterocycles. The van der Waals surface area contributed by atoms with E-state index in [4.69, 9.17) is 0 Å². The van der Waals surface area contributed by atoms with Crippen LogP contribution in [0.25, 0.3) is 0 Å². The number of rotatable bonds is 3. The number of alkyl halides is 3. The summed E-state index contributed by atoms with van der Waals surface area (Å²) in [6.07, 6.45) is -2.93. The average Bonchev–Trinajstić information content (AvgIpc) is 2.88. The van der Waals surface area contributed by atoms with Crippen molar-refractivity contribution in [3.05, 3.63) is 45.9 Å². The number of hydrogen-bond acceptors (Lipinski definition) is 4. The number of nitrogens with one attached hydrogen (secondary N) is 3. The highest BCUT2D eigenvalue weighted by molar-refractivity contribution is 5.93. The molecule has 2 heterocycles. The fourth-order valence-corrected chi connectivity index (χ4v) is 1.39. The molecule has 3 N–H and O–H groups in total. The van der Waals surface area contributed by atoms with Gasteiger partial charge in [-0.25, -0.2) is 4.98 Å². The number of carbonyl (C=O) groups is 1. The number of pyridine rings is 1. The molecule has 0 spiro atoms.